The summed E-state index contributed by atoms with van der Waals surface area (Å²) in [5.41, 5.74) is 0. The van der Waals surface area contributed by atoms with Crippen molar-refractivity contribution in [1.82, 2.24) is 15.1 Å². The van der Waals surface area contributed by atoms with Crippen LogP contribution >= 0.6 is 0 Å². The Morgan fingerprint density at radius 2 is 2.43 bits per heavy atom. The number of nitrogens with one attached hydrogen (secondary N) is 1. The fourth-order valence-electron chi connectivity index (χ4n) is 2.23. The van der Waals surface area contributed by atoms with E-state index in [-0.39, 0.29) is 0 Å². The molecule has 0 spiro atoms. The molecule has 2 unspecified atom stereocenters. The van der Waals surface area contributed by atoms with Gasteiger partial charge >= 0.3 is 0 Å². The first-order valence-corrected chi connectivity index (χ1v) is 5.62. The van der Waals surface area contributed by atoms with Gasteiger partial charge in [0.2, 0.25) is 0 Å². The smallest absolute Gasteiger partial charge is 0.0534 e. The first-order valence-electron chi connectivity index (χ1n) is 5.62. The Morgan fingerprint density at radius 1 is 1.50 bits per heavy atom. The fraction of sp³-hybridized carbons (Fsp3) is 0.727. The van der Waals surface area contributed by atoms with Crippen molar-refractivity contribution >= 4 is 0 Å². The molecule has 1 N–H and O–H groups in total. The molecule has 0 aromatic carbocycles. The molecule has 78 valence electrons. The Morgan fingerprint density at radius 3 is 3.14 bits per heavy atom. The normalized spacial score (nSPS) is 26.9. The molecule has 1 heterocycles. The van der Waals surface area contributed by atoms with Crippen LogP contribution in [-0.4, -0.2) is 22.4 Å². The molecule has 3 heteroatoms. The maximum atomic E-state index is 4.30. The lowest BCUT2D eigenvalue weighted by Crippen LogP contribution is -2.27. The van der Waals surface area contributed by atoms with E-state index in [4.69, 9.17) is 0 Å². The number of nitrogens with zero attached hydrogens (tertiary/aromatic N) is 2. The first-order chi connectivity index (χ1) is 6.90. The summed E-state index contributed by atoms with van der Waals surface area (Å²) in [6.07, 6.45) is 8.97. The zero-order chi connectivity index (χ0) is 9.80. The van der Waals surface area contributed by atoms with Crippen molar-refractivity contribution < 1.29 is 0 Å². The summed E-state index contributed by atoms with van der Waals surface area (Å²) < 4.78 is 2.10. The molecule has 1 aromatic rings. The molecule has 1 fully saturated rings. The van der Waals surface area contributed by atoms with Gasteiger partial charge < -0.3 is 5.32 Å². The van der Waals surface area contributed by atoms with Crippen molar-refractivity contribution in [2.45, 2.75) is 44.7 Å². The highest BCUT2D eigenvalue weighted by Gasteiger charge is 2.25. The van der Waals surface area contributed by atoms with Gasteiger partial charge in [0, 0.05) is 18.4 Å². The van der Waals surface area contributed by atoms with Crippen LogP contribution in [0.15, 0.2) is 18.5 Å². The second-order valence-electron chi connectivity index (χ2n) is 4.10. The van der Waals surface area contributed by atoms with Crippen LogP contribution in [0.3, 0.4) is 0 Å². The van der Waals surface area contributed by atoms with Crippen molar-refractivity contribution in [2.24, 2.45) is 0 Å². The average Bonchev–Trinajstić information content (AvgIpc) is 2.85. The van der Waals surface area contributed by atoms with Crippen LogP contribution in [0, 0.1) is 0 Å². The van der Waals surface area contributed by atoms with E-state index in [0.29, 0.717) is 12.1 Å². The number of hydrogen-bond donors (Lipinski definition) is 1. The lowest BCUT2D eigenvalue weighted by molar-refractivity contribution is 0.442. The lowest BCUT2D eigenvalue weighted by Gasteiger charge is -2.12. The highest BCUT2D eigenvalue weighted by atomic mass is 15.3. The van der Waals surface area contributed by atoms with E-state index in [9.17, 15) is 0 Å². The molecule has 14 heavy (non-hydrogen) atoms. The standard InChI is InChI=1S/C11H19N3/c1-2-6-12-10-4-5-11(9-10)14-8-3-7-13-14/h3,7-8,10-12H,2,4-6,9H2,1H3. The van der Waals surface area contributed by atoms with Crippen molar-refractivity contribution in [3.05, 3.63) is 18.5 Å². The summed E-state index contributed by atoms with van der Waals surface area (Å²) in [6, 6.07) is 3.34. The van der Waals surface area contributed by atoms with E-state index < -0.39 is 0 Å². The van der Waals surface area contributed by atoms with Gasteiger partial charge in [0.25, 0.3) is 0 Å². The Balaban J connectivity index is 1.83. The van der Waals surface area contributed by atoms with Gasteiger partial charge in [-0.25, -0.2) is 0 Å². The summed E-state index contributed by atoms with van der Waals surface area (Å²) in [4.78, 5) is 0. The van der Waals surface area contributed by atoms with Gasteiger partial charge in [-0.3, -0.25) is 4.68 Å². The molecule has 2 rings (SSSR count). The number of aromatic nitrogens is 2. The minimum absolute atomic E-state index is 0.624. The van der Waals surface area contributed by atoms with Crippen LogP contribution in [0.1, 0.15) is 38.6 Å². The molecular weight excluding hydrogens is 174 g/mol. The molecule has 0 radical (unpaired) electrons. The Kier molecular flexibility index (Phi) is 3.19. The summed E-state index contributed by atoms with van der Waals surface area (Å²) in [6.45, 7) is 3.36. The highest BCUT2D eigenvalue weighted by Crippen LogP contribution is 2.28. The van der Waals surface area contributed by atoms with Crippen molar-refractivity contribution in [3.8, 4) is 0 Å². The maximum absolute atomic E-state index is 4.30. The largest absolute Gasteiger partial charge is 0.314 e. The van der Waals surface area contributed by atoms with Gasteiger partial charge in [-0.1, -0.05) is 6.92 Å². The zero-order valence-electron chi connectivity index (χ0n) is 8.82. The van der Waals surface area contributed by atoms with Crippen LogP contribution < -0.4 is 5.32 Å². The SMILES string of the molecule is CCCNC1CCC(n2cccn2)C1. The predicted molar refractivity (Wildman–Crippen MR) is 57.2 cm³/mol. The van der Waals surface area contributed by atoms with Crippen molar-refractivity contribution in [1.29, 1.82) is 0 Å². The Labute approximate surface area is 85.5 Å². The molecule has 1 aromatic heterocycles. The molecule has 0 saturated heterocycles. The van der Waals surface area contributed by atoms with Crippen LogP contribution in [0.2, 0.25) is 0 Å². The number of rotatable bonds is 4. The molecule has 1 aliphatic rings. The van der Waals surface area contributed by atoms with Gasteiger partial charge in [-0.05, 0) is 38.3 Å². The van der Waals surface area contributed by atoms with Gasteiger partial charge in [0.1, 0.15) is 0 Å². The van der Waals surface area contributed by atoms with E-state index in [2.05, 4.69) is 28.2 Å². The monoisotopic (exact) mass is 193 g/mol. The molecule has 0 amide bonds. The summed E-state index contributed by atoms with van der Waals surface area (Å²) >= 11 is 0. The van der Waals surface area contributed by atoms with Gasteiger partial charge in [0.15, 0.2) is 0 Å². The Bertz CT molecular complexity index is 256. The third-order valence-corrected chi connectivity index (χ3v) is 2.99. The second-order valence-corrected chi connectivity index (χ2v) is 4.10. The lowest BCUT2D eigenvalue weighted by atomic mass is 10.2. The Hall–Kier alpha value is -0.830. The average molecular weight is 193 g/mol. The molecule has 1 saturated carbocycles. The summed E-state index contributed by atoms with van der Waals surface area (Å²) in [5.74, 6) is 0. The van der Waals surface area contributed by atoms with Crippen LogP contribution in [0.5, 0.6) is 0 Å². The summed E-state index contributed by atoms with van der Waals surface area (Å²) in [5, 5.41) is 7.88. The van der Waals surface area contributed by atoms with Crippen LogP contribution in [0.25, 0.3) is 0 Å². The molecule has 2 atom stereocenters. The minimum Gasteiger partial charge on any atom is -0.314 e. The van der Waals surface area contributed by atoms with E-state index in [0.717, 1.165) is 6.54 Å². The quantitative estimate of drug-likeness (QED) is 0.792. The van der Waals surface area contributed by atoms with Crippen molar-refractivity contribution in [3.63, 3.8) is 0 Å². The van der Waals surface area contributed by atoms with Gasteiger partial charge in [0.05, 0.1) is 6.04 Å². The maximum Gasteiger partial charge on any atom is 0.0534 e. The van der Waals surface area contributed by atoms with E-state index in [1.807, 2.05) is 12.3 Å². The van der Waals surface area contributed by atoms with Gasteiger partial charge in [-0.15, -0.1) is 0 Å². The third-order valence-electron chi connectivity index (χ3n) is 2.99. The molecule has 0 aliphatic heterocycles. The van der Waals surface area contributed by atoms with E-state index in [1.54, 1.807) is 0 Å². The third kappa shape index (κ3) is 2.15. The number of hydrogen-bond acceptors (Lipinski definition) is 2. The zero-order valence-corrected chi connectivity index (χ0v) is 8.82. The van der Waals surface area contributed by atoms with Crippen molar-refractivity contribution in [2.75, 3.05) is 6.54 Å². The molecule has 3 nitrogen and oxygen atoms in total. The topological polar surface area (TPSA) is 29.9 Å². The predicted octanol–water partition coefficient (Wildman–Crippen LogP) is 1.98. The van der Waals surface area contributed by atoms with Crippen LogP contribution in [-0.2, 0) is 0 Å². The second kappa shape index (κ2) is 4.60. The fourth-order valence-corrected chi connectivity index (χ4v) is 2.23. The molecule has 1 aliphatic carbocycles. The van der Waals surface area contributed by atoms with E-state index >= 15 is 0 Å². The van der Waals surface area contributed by atoms with E-state index in [1.165, 1.54) is 25.7 Å². The first kappa shape index (κ1) is 9.71. The molecule has 0 bridgehead atoms. The van der Waals surface area contributed by atoms with Gasteiger partial charge in [-0.2, -0.15) is 5.10 Å². The van der Waals surface area contributed by atoms with Crippen LogP contribution in [0.4, 0.5) is 0 Å². The highest BCUT2D eigenvalue weighted by molar-refractivity contribution is 4.88. The molecular formula is C11H19N3. The summed E-state index contributed by atoms with van der Waals surface area (Å²) in [7, 11) is 0. The minimum atomic E-state index is 0.624.